The lowest BCUT2D eigenvalue weighted by Gasteiger charge is -2.25. The third-order valence-electron chi connectivity index (χ3n) is 6.89. The normalized spacial score (nSPS) is 14.1. The van der Waals surface area contributed by atoms with Crippen molar-refractivity contribution in [2.45, 2.75) is 83.2 Å². The number of nitrogens with zero attached hydrogens (tertiary/aromatic N) is 1. The first kappa shape index (κ1) is 37.8. The number of rotatable bonds is 18. The summed E-state index contributed by atoms with van der Waals surface area (Å²) >= 11 is 4.19. The number of carbonyl (C=O) groups is 7. The largest absolute Gasteiger partial charge is 0.460 e. The van der Waals surface area contributed by atoms with Gasteiger partial charge in [0.2, 0.25) is 17.7 Å². The average Bonchev–Trinajstić information content (AvgIpc) is 3.30. The molecule has 14 nitrogen and oxygen atoms in total. The number of amides is 7. The summed E-state index contributed by atoms with van der Waals surface area (Å²) in [5, 5.41) is 10.6. The molecule has 7 amide bonds. The molecular weight excluding hydrogens is 616 g/mol. The average molecular weight is 661 g/mol. The molecule has 1 aromatic rings. The molecule has 0 fully saturated rings. The van der Waals surface area contributed by atoms with Crippen molar-refractivity contribution in [3.8, 4) is 0 Å². The van der Waals surface area contributed by atoms with Crippen LogP contribution in [-0.4, -0.2) is 76.4 Å². The molecule has 0 aromatic heterocycles. The monoisotopic (exact) mass is 660 g/mol. The number of primary amides is 1. The molecule has 0 spiro atoms. The zero-order valence-electron chi connectivity index (χ0n) is 26.6. The first-order chi connectivity index (χ1) is 21.6. The highest BCUT2D eigenvalue weighted by molar-refractivity contribution is 7.82. The topological polar surface area (TPSA) is 206 Å². The van der Waals surface area contributed by atoms with Crippen molar-refractivity contribution in [1.29, 1.82) is 0 Å². The van der Waals surface area contributed by atoms with Gasteiger partial charge in [-0.3, -0.25) is 33.7 Å². The maximum absolute atomic E-state index is 13.3. The highest BCUT2D eigenvalue weighted by Gasteiger charge is 2.29. The van der Waals surface area contributed by atoms with Crippen LogP contribution < -0.4 is 27.0 Å². The second kappa shape index (κ2) is 17.9. The summed E-state index contributed by atoms with van der Waals surface area (Å²) in [5.74, 6) is -3.02. The Morgan fingerprint density at radius 1 is 0.935 bits per heavy atom. The van der Waals surface area contributed by atoms with E-state index in [4.69, 9.17) is 10.5 Å². The molecule has 0 radical (unpaired) electrons. The summed E-state index contributed by atoms with van der Waals surface area (Å²) in [7, 11) is 0. The summed E-state index contributed by atoms with van der Waals surface area (Å²) < 4.78 is 4.31. The fourth-order valence-corrected chi connectivity index (χ4v) is 4.34. The van der Waals surface area contributed by atoms with E-state index in [0.29, 0.717) is 30.5 Å². The van der Waals surface area contributed by atoms with Crippen LogP contribution in [0.5, 0.6) is 0 Å². The lowest BCUT2D eigenvalue weighted by atomic mass is 10.0. The van der Waals surface area contributed by atoms with E-state index in [2.05, 4.69) is 33.9 Å². The molecule has 15 heteroatoms. The number of nitrogens with two attached hydrogens (primary N) is 1. The Morgan fingerprint density at radius 2 is 1.57 bits per heavy atom. The summed E-state index contributed by atoms with van der Waals surface area (Å²) in [6, 6.07) is 3.95. The standard InChI is InChI=1S/C31H44N6O8S/c1-19(2)26(36-23(38)9-5-6-17-37-24(39)14-15-25(37)40)28(42)35-22(8-7-16-33-30(32)44)27(41)34-21-12-10-20(11-13-21)18-45-29(43)31(3,4)46/h10-15,19,22,26,46H,5-9,16-18H2,1-4H3,(H,34,41)(H,35,42)(H,36,38)(H3,32,33,44)/t22-,26-/m0/s1. The second-order valence-corrected chi connectivity index (χ2v) is 12.8. The first-order valence-corrected chi connectivity index (χ1v) is 15.5. The van der Waals surface area contributed by atoms with E-state index >= 15 is 0 Å². The van der Waals surface area contributed by atoms with E-state index < -0.39 is 40.6 Å². The molecule has 1 heterocycles. The molecule has 0 unspecified atom stereocenters. The highest BCUT2D eigenvalue weighted by Crippen LogP contribution is 2.17. The van der Waals surface area contributed by atoms with E-state index in [-0.39, 0.29) is 56.2 Å². The van der Waals surface area contributed by atoms with Crippen molar-refractivity contribution in [3.05, 3.63) is 42.0 Å². The number of unbranched alkanes of at least 4 members (excludes halogenated alkanes) is 1. The van der Waals surface area contributed by atoms with Crippen molar-refractivity contribution in [3.63, 3.8) is 0 Å². The highest BCUT2D eigenvalue weighted by atomic mass is 32.1. The number of esters is 1. The predicted molar refractivity (Wildman–Crippen MR) is 173 cm³/mol. The van der Waals surface area contributed by atoms with Gasteiger partial charge in [0.15, 0.2) is 0 Å². The van der Waals surface area contributed by atoms with Crippen LogP contribution in [0, 0.1) is 5.92 Å². The summed E-state index contributed by atoms with van der Waals surface area (Å²) in [5.41, 5.74) is 6.25. The zero-order chi connectivity index (χ0) is 34.4. The molecular formula is C31H44N6O8S. The van der Waals surface area contributed by atoms with Gasteiger partial charge in [-0.15, -0.1) is 0 Å². The van der Waals surface area contributed by atoms with Gasteiger partial charge in [-0.05, 0) is 63.1 Å². The Labute approximate surface area is 274 Å². The molecule has 2 rings (SSSR count). The van der Waals surface area contributed by atoms with Gasteiger partial charge in [-0.1, -0.05) is 26.0 Å². The number of anilines is 1. The van der Waals surface area contributed by atoms with E-state index in [0.717, 1.165) is 4.90 Å². The maximum Gasteiger partial charge on any atom is 0.321 e. The van der Waals surface area contributed by atoms with Gasteiger partial charge in [0.05, 0.1) is 0 Å². The van der Waals surface area contributed by atoms with Crippen LogP contribution in [0.2, 0.25) is 0 Å². The number of thiol groups is 1. The number of nitrogens with one attached hydrogen (secondary N) is 4. The number of ether oxygens (including phenoxy) is 1. The van der Waals surface area contributed by atoms with Gasteiger partial charge in [0.25, 0.3) is 11.8 Å². The lowest BCUT2D eigenvalue weighted by molar-refractivity contribution is -0.147. The van der Waals surface area contributed by atoms with Crippen LogP contribution in [0.3, 0.4) is 0 Å². The predicted octanol–water partition coefficient (Wildman–Crippen LogP) is 1.55. The fourth-order valence-electron chi connectivity index (χ4n) is 4.27. The smallest absolute Gasteiger partial charge is 0.321 e. The molecule has 46 heavy (non-hydrogen) atoms. The molecule has 0 saturated heterocycles. The zero-order valence-corrected chi connectivity index (χ0v) is 27.5. The van der Waals surface area contributed by atoms with E-state index in [1.807, 2.05) is 0 Å². The van der Waals surface area contributed by atoms with Crippen LogP contribution >= 0.6 is 12.6 Å². The first-order valence-electron chi connectivity index (χ1n) is 15.0. The number of hydrogen-bond donors (Lipinski definition) is 6. The van der Waals surface area contributed by atoms with E-state index in [1.54, 1.807) is 52.0 Å². The van der Waals surface area contributed by atoms with Crippen LogP contribution in [0.1, 0.15) is 65.4 Å². The quantitative estimate of drug-likeness (QED) is 0.0588. The number of carbonyl (C=O) groups excluding carboxylic acids is 7. The number of benzene rings is 1. The molecule has 0 saturated carbocycles. The maximum atomic E-state index is 13.3. The number of urea groups is 1. The van der Waals surface area contributed by atoms with Crippen LogP contribution in [0.15, 0.2) is 36.4 Å². The molecule has 0 bridgehead atoms. The van der Waals surface area contributed by atoms with Crippen molar-refractivity contribution in [2.24, 2.45) is 11.7 Å². The van der Waals surface area contributed by atoms with Gasteiger partial charge < -0.3 is 31.7 Å². The van der Waals surface area contributed by atoms with Gasteiger partial charge >= 0.3 is 12.0 Å². The Hall–Kier alpha value is -4.40. The Balaban J connectivity index is 1.98. The second-order valence-electron chi connectivity index (χ2n) is 11.7. The SMILES string of the molecule is CC(C)[C@H](NC(=O)CCCCN1C(=O)C=CC1=O)C(=O)N[C@@H](CCCNC(N)=O)C(=O)Nc1ccc(COC(=O)C(C)(C)S)cc1. The molecule has 252 valence electrons. The van der Waals surface area contributed by atoms with Crippen LogP contribution in [0.25, 0.3) is 0 Å². The minimum Gasteiger partial charge on any atom is -0.460 e. The molecule has 1 aliphatic rings. The van der Waals surface area contributed by atoms with Crippen molar-refractivity contribution in [2.75, 3.05) is 18.4 Å². The van der Waals surface area contributed by atoms with E-state index in [9.17, 15) is 33.6 Å². The fraction of sp³-hybridized carbons (Fsp3) is 0.516. The molecule has 0 aliphatic carbocycles. The number of hydrogen-bond acceptors (Lipinski definition) is 9. The Kier molecular flexibility index (Phi) is 14.7. The summed E-state index contributed by atoms with van der Waals surface area (Å²) in [6.45, 7) is 7.16. The van der Waals surface area contributed by atoms with Gasteiger partial charge in [0.1, 0.15) is 23.4 Å². The summed E-state index contributed by atoms with van der Waals surface area (Å²) in [6.07, 6.45) is 3.77. The Bertz CT molecular complexity index is 1290. The third kappa shape index (κ3) is 12.9. The van der Waals surface area contributed by atoms with Crippen molar-refractivity contribution in [1.82, 2.24) is 20.9 Å². The molecule has 2 atom stereocenters. The third-order valence-corrected chi connectivity index (χ3v) is 7.08. The van der Waals surface area contributed by atoms with Gasteiger partial charge in [-0.25, -0.2) is 4.79 Å². The van der Waals surface area contributed by atoms with Gasteiger partial charge in [-0.2, -0.15) is 12.6 Å². The molecule has 1 aromatic carbocycles. The minimum absolute atomic E-state index is 0.0280. The molecule has 6 N–H and O–H groups in total. The molecule has 1 aliphatic heterocycles. The van der Waals surface area contributed by atoms with Crippen molar-refractivity contribution >= 4 is 59.9 Å². The summed E-state index contributed by atoms with van der Waals surface area (Å²) in [4.78, 5) is 86.7. The minimum atomic E-state index is -1.01. The van der Waals surface area contributed by atoms with Crippen LogP contribution in [0.4, 0.5) is 10.5 Å². The number of imide groups is 1. The van der Waals surface area contributed by atoms with E-state index in [1.165, 1.54) is 12.2 Å². The van der Waals surface area contributed by atoms with Crippen LogP contribution in [-0.2, 0) is 40.1 Å². The van der Waals surface area contributed by atoms with Gasteiger partial charge in [0, 0.05) is 37.3 Å². The Morgan fingerprint density at radius 3 is 2.13 bits per heavy atom. The lowest BCUT2D eigenvalue weighted by Crippen LogP contribution is -2.54. The van der Waals surface area contributed by atoms with Crippen molar-refractivity contribution < 1.29 is 38.3 Å².